The lowest BCUT2D eigenvalue weighted by Gasteiger charge is -2.25. The zero-order valence-electron chi connectivity index (χ0n) is 28.3. The van der Waals surface area contributed by atoms with Gasteiger partial charge in [-0.1, -0.05) is 146 Å². The highest BCUT2D eigenvalue weighted by molar-refractivity contribution is 6.09. The number of rotatable bonds is 6. The van der Waals surface area contributed by atoms with Gasteiger partial charge in [-0.15, -0.1) is 0 Å². The fraction of sp³-hybridized carbons (Fsp3) is 0. The van der Waals surface area contributed by atoms with Gasteiger partial charge in [0.25, 0.3) is 0 Å². The summed E-state index contributed by atoms with van der Waals surface area (Å²) in [6.45, 7) is 0. The second-order valence-corrected chi connectivity index (χ2v) is 13.2. The summed E-state index contributed by atoms with van der Waals surface area (Å²) >= 11 is 0. The normalized spacial score (nSPS) is 11.5. The number of furan rings is 1. The molecule has 10 rings (SSSR count). The molecule has 0 spiro atoms. The number of hydrogen-bond donors (Lipinski definition) is 0. The third-order valence-electron chi connectivity index (χ3n) is 10.1. The van der Waals surface area contributed by atoms with Crippen molar-refractivity contribution in [2.75, 3.05) is 4.90 Å². The maximum absolute atomic E-state index is 6.42. The van der Waals surface area contributed by atoms with Gasteiger partial charge in [0.1, 0.15) is 11.4 Å². The Morgan fingerprint density at radius 2 is 0.865 bits per heavy atom. The molecule has 0 saturated heterocycles. The average molecular weight is 665 g/mol. The van der Waals surface area contributed by atoms with Crippen LogP contribution in [0.2, 0.25) is 0 Å². The molecule has 0 aliphatic carbocycles. The van der Waals surface area contributed by atoms with Crippen molar-refractivity contribution >= 4 is 60.8 Å². The first-order valence-corrected chi connectivity index (χ1v) is 17.6. The first kappa shape index (κ1) is 29.9. The first-order chi connectivity index (χ1) is 25.8. The van der Waals surface area contributed by atoms with E-state index in [1.165, 1.54) is 44.0 Å². The van der Waals surface area contributed by atoms with E-state index < -0.39 is 0 Å². The highest BCUT2D eigenvalue weighted by Gasteiger charge is 2.18. The molecule has 0 saturated carbocycles. The molecule has 0 bridgehead atoms. The predicted molar refractivity (Wildman–Crippen MR) is 218 cm³/mol. The molecular formula is C49H32N2O. The van der Waals surface area contributed by atoms with Crippen LogP contribution in [-0.2, 0) is 0 Å². The number of nitrogens with zero attached hydrogens (tertiary/aromatic N) is 2. The highest BCUT2D eigenvalue weighted by Crippen LogP contribution is 2.40. The minimum Gasteiger partial charge on any atom is -0.438 e. The SMILES string of the molecule is c1ccc(-c2ccc(N(c3ccc(-c4ccc(-c5ccccc5)c5ccccc45)cc3)c3ccc4c(n3)oc3cc5ccccc5cc34)cc2)cc1. The fourth-order valence-corrected chi connectivity index (χ4v) is 7.51. The molecule has 2 heterocycles. The molecule has 0 radical (unpaired) electrons. The van der Waals surface area contributed by atoms with Crippen LogP contribution >= 0.6 is 0 Å². The van der Waals surface area contributed by atoms with Crippen LogP contribution in [0.4, 0.5) is 17.2 Å². The van der Waals surface area contributed by atoms with Crippen LogP contribution in [0, 0.1) is 0 Å². The van der Waals surface area contributed by atoms with Crippen LogP contribution < -0.4 is 4.90 Å². The van der Waals surface area contributed by atoms with E-state index in [2.05, 4.69) is 193 Å². The summed E-state index contributed by atoms with van der Waals surface area (Å²) in [7, 11) is 0. The molecule has 3 heteroatoms. The van der Waals surface area contributed by atoms with Gasteiger partial charge in [-0.2, -0.15) is 4.98 Å². The van der Waals surface area contributed by atoms with Crippen molar-refractivity contribution in [3.8, 4) is 33.4 Å². The summed E-state index contributed by atoms with van der Waals surface area (Å²) in [5.41, 5.74) is 10.7. The quantitative estimate of drug-likeness (QED) is 0.177. The standard InChI is InChI=1S/C49H32N2O/c1-3-11-33(12-4-1)34-19-23-39(24-20-34)51(48-30-29-45-46-31-37-15-7-8-16-38(37)32-47(46)52-49(45)50-48)40-25-21-36(22-26-40)42-28-27-41(35-13-5-2-6-14-35)43-17-9-10-18-44(42)43/h1-32H. The lowest BCUT2D eigenvalue weighted by molar-refractivity contribution is 0.655. The Hall–Kier alpha value is -6.97. The van der Waals surface area contributed by atoms with Gasteiger partial charge in [-0.05, 0) is 103 Å². The van der Waals surface area contributed by atoms with Crippen molar-refractivity contribution in [1.29, 1.82) is 0 Å². The molecule has 0 unspecified atom stereocenters. The molecule has 3 nitrogen and oxygen atoms in total. The monoisotopic (exact) mass is 664 g/mol. The molecule has 244 valence electrons. The lowest BCUT2D eigenvalue weighted by atomic mass is 9.92. The topological polar surface area (TPSA) is 29.3 Å². The molecule has 10 aromatic rings. The summed E-state index contributed by atoms with van der Waals surface area (Å²) in [6, 6.07) is 68.7. The van der Waals surface area contributed by atoms with E-state index in [0.717, 1.165) is 44.5 Å². The van der Waals surface area contributed by atoms with Gasteiger partial charge in [-0.3, -0.25) is 4.90 Å². The number of hydrogen-bond acceptors (Lipinski definition) is 3. The summed E-state index contributed by atoms with van der Waals surface area (Å²) in [5, 5.41) is 6.88. The van der Waals surface area contributed by atoms with Gasteiger partial charge in [0.15, 0.2) is 0 Å². The second kappa shape index (κ2) is 12.4. The van der Waals surface area contributed by atoms with E-state index in [1.807, 2.05) is 6.07 Å². The molecule has 2 aromatic heterocycles. The van der Waals surface area contributed by atoms with Crippen LogP contribution in [0.1, 0.15) is 0 Å². The van der Waals surface area contributed by atoms with E-state index in [1.54, 1.807) is 0 Å². The van der Waals surface area contributed by atoms with Gasteiger partial charge in [0.05, 0.1) is 0 Å². The maximum atomic E-state index is 6.42. The second-order valence-electron chi connectivity index (χ2n) is 13.2. The number of aromatic nitrogens is 1. The van der Waals surface area contributed by atoms with Crippen LogP contribution in [-0.4, -0.2) is 4.98 Å². The maximum Gasteiger partial charge on any atom is 0.229 e. The van der Waals surface area contributed by atoms with E-state index in [-0.39, 0.29) is 0 Å². The van der Waals surface area contributed by atoms with Crippen molar-refractivity contribution in [3.63, 3.8) is 0 Å². The van der Waals surface area contributed by atoms with Crippen LogP contribution in [0.25, 0.3) is 77.0 Å². The van der Waals surface area contributed by atoms with Crippen molar-refractivity contribution in [2.24, 2.45) is 0 Å². The van der Waals surface area contributed by atoms with Crippen molar-refractivity contribution in [2.45, 2.75) is 0 Å². The fourth-order valence-electron chi connectivity index (χ4n) is 7.51. The van der Waals surface area contributed by atoms with Crippen LogP contribution in [0.5, 0.6) is 0 Å². The third-order valence-corrected chi connectivity index (χ3v) is 10.1. The Balaban J connectivity index is 1.08. The zero-order valence-corrected chi connectivity index (χ0v) is 28.3. The molecule has 0 atom stereocenters. The predicted octanol–water partition coefficient (Wildman–Crippen LogP) is 13.8. The van der Waals surface area contributed by atoms with Crippen LogP contribution in [0.15, 0.2) is 199 Å². The first-order valence-electron chi connectivity index (χ1n) is 17.6. The van der Waals surface area contributed by atoms with Gasteiger partial charge in [0.2, 0.25) is 5.71 Å². The third kappa shape index (κ3) is 5.19. The molecular weight excluding hydrogens is 633 g/mol. The van der Waals surface area contributed by atoms with E-state index >= 15 is 0 Å². The molecule has 0 N–H and O–H groups in total. The summed E-state index contributed by atoms with van der Waals surface area (Å²) in [6.07, 6.45) is 0. The number of pyridine rings is 1. The number of fused-ring (bicyclic) bond motifs is 5. The van der Waals surface area contributed by atoms with Crippen LogP contribution in [0.3, 0.4) is 0 Å². The Kier molecular flexibility index (Phi) is 7.14. The van der Waals surface area contributed by atoms with Crippen molar-refractivity contribution in [1.82, 2.24) is 4.98 Å². The minimum absolute atomic E-state index is 0.621. The molecule has 0 aliphatic rings. The molecule has 52 heavy (non-hydrogen) atoms. The Labute approximate surface area is 301 Å². The van der Waals surface area contributed by atoms with Gasteiger partial charge in [-0.25, -0.2) is 0 Å². The largest absolute Gasteiger partial charge is 0.438 e. The molecule has 0 aliphatic heterocycles. The van der Waals surface area contributed by atoms with Gasteiger partial charge < -0.3 is 4.42 Å². The molecule has 0 amide bonds. The Bertz CT molecular complexity index is 2880. The van der Waals surface area contributed by atoms with E-state index in [0.29, 0.717) is 5.71 Å². The zero-order chi connectivity index (χ0) is 34.4. The summed E-state index contributed by atoms with van der Waals surface area (Å²) < 4.78 is 6.42. The number of anilines is 3. The average Bonchev–Trinajstić information content (AvgIpc) is 3.57. The lowest BCUT2D eigenvalue weighted by Crippen LogP contribution is -2.11. The van der Waals surface area contributed by atoms with Crippen molar-refractivity contribution < 1.29 is 4.42 Å². The Morgan fingerprint density at radius 1 is 0.365 bits per heavy atom. The molecule has 8 aromatic carbocycles. The smallest absolute Gasteiger partial charge is 0.229 e. The van der Waals surface area contributed by atoms with Gasteiger partial charge >= 0.3 is 0 Å². The Morgan fingerprint density at radius 3 is 1.50 bits per heavy atom. The van der Waals surface area contributed by atoms with Crippen molar-refractivity contribution in [3.05, 3.63) is 194 Å². The van der Waals surface area contributed by atoms with E-state index in [4.69, 9.17) is 9.40 Å². The van der Waals surface area contributed by atoms with Gasteiger partial charge in [0, 0.05) is 22.1 Å². The molecule has 0 fully saturated rings. The van der Waals surface area contributed by atoms with E-state index in [9.17, 15) is 0 Å². The summed E-state index contributed by atoms with van der Waals surface area (Å²) in [5.74, 6) is 0.786. The highest BCUT2D eigenvalue weighted by atomic mass is 16.3. The minimum atomic E-state index is 0.621. The number of benzene rings is 8. The summed E-state index contributed by atoms with van der Waals surface area (Å²) in [4.78, 5) is 7.36.